The third-order valence-corrected chi connectivity index (χ3v) is 6.25. The number of carbonyl (C=O) groups excluding carboxylic acids is 1. The number of pyridine rings is 1. The number of carbonyl (C=O) groups is 1. The zero-order valence-electron chi connectivity index (χ0n) is 20.3. The lowest BCUT2D eigenvalue weighted by Gasteiger charge is -2.32. The summed E-state index contributed by atoms with van der Waals surface area (Å²) in [4.78, 5) is 17.9. The summed E-state index contributed by atoms with van der Waals surface area (Å²) >= 11 is 6.09. The van der Waals surface area contributed by atoms with Gasteiger partial charge in [-0.15, -0.1) is 0 Å². The number of halogens is 4. The molecule has 0 saturated carbocycles. The minimum Gasteiger partial charge on any atom is -0.497 e. The van der Waals surface area contributed by atoms with Gasteiger partial charge in [0.05, 0.1) is 7.11 Å². The van der Waals surface area contributed by atoms with Crippen molar-refractivity contribution >= 4 is 17.7 Å². The predicted octanol–water partition coefficient (Wildman–Crippen LogP) is 5.86. The zero-order valence-corrected chi connectivity index (χ0v) is 21.1. The Labute approximate surface area is 208 Å². The maximum Gasteiger partial charge on any atom is 0.433 e. The van der Waals surface area contributed by atoms with Crippen LogP contribution in [0, 0.1) is 0 Å². The van der Waals surface area contributed by atoms with E-state index in [2.05, 4.69) is 10.3 Å². The highest BCUT2D eigenvalue weighted by molar-refractivity contribution is 6.30. The van der Waals surface area contributed by atoms with E-state index in [4.69, 9.17) is 21.1 Å². The lowest BCUT2D eigenvalue weighted by Crippen LogP contribution is -2.48. The Bertz CT molecular complexity index is 1030. The fraction of sp³-hybridized carbons (Fsp3) is 0.520. The molecule has 0 radical (unpaired) electrons. The summed E-state index contributed by atoms with van der Waals surface area (Å²) in [6, 6.07) is 9.97. The first-order chi connectivity index (χ1) is 16.3. The molecular weight excluding hydrogens is 483 g/mol. The van der Waals surface area contributed by atoms with Gasteiger partial charge < -0.3 is 19.7 Å². The predicted molar refractivity (Wildman–Crippen MR) is 128 cm³/mol. The van der Waals surface area contributed by atoms with Crippen LogP contribution in [0.25, 0.3) is 0 Å². The molecule has 10 heteroatoms. The SMILES string of the molecule is COc1ccc(CNC2(CCc3ccc(C(F)(F)F)nc3Cl)CCN(C(=O)OC(C)(C)C)C2)cc1. The highest BCUT2D eigenvalue weighted by atomic mass is 35.5. The molecule has 3 rings (SSSR count). The topological polar surface area (TPSA) is 63.7 Å². The van der Waals surface area contributed by atoms with E-state index >= 15 is 0 Å². The Morgan fingerprint density at radius 3 is 2.43 bits per heavy atom. The van der Waals surface area contributed by atoms with Crippen molar-refractivity contribution in [1.82, 2.24) is 15.2 Å². The molecule has 1 aliphatic heterocycles. The third-order valence-electron chi connectivity index (χ3n) is 5.92. The van der Waals surface area contributed by atoms with Crippen molar-refractivity contribution in [3.63, 3.8) is 0 Å². The minimum absolute atomic E-state index is 0.160. The molecule has 0 bridgehead atoms. The van der Waals surface area contributed by atoms with E-state index in [1.807, 2.05) is 45.0 Å². The van der Waals surface area contributed by atoms with E-state index in [0.717, 1.165) is 17.4 Å². The fourth-order valence-corrected chi connectivity index (χ4v) is 4.25. The molecule has 1 fully saturated rings. The molecule has 1 aliphatic rings. The standard InChI is InChI=1S/C25H31ClF3N3O3/c1-23(2,3)35-22(33)32-14-13-24(16-32,30-15-17-5-8-19(34-4)9-6-17)12-11-18-7-10-20(25(27,28)29)31-21(18)26/h5-10,30H,11-16H2,1-4H3. The van der Waals surface area contributed by atoms with Crippen molar-refractivity contribution in [2.24, 2.45) is 0 Å². The summed E-state index contributed by atoms with van der Waals surface area (Å²) in [7, 11) is 1.60. The van der Waals surface area contributed by atoms with Crippen LogP contribution in [0.5, 0.6) is 5.75 Å². The van der Waals surface area contributed by atoms with Gasteiger partial charge in [-0.2, -0.15) is 13.2 Å². The van der Waals surface area contributed by atoms with E-state index in [1.165, 1.54) is 6.07 Å². The first-order valence-corrected chi connectivity index (χ1v) is 11.8. The van der Waals surface area contributed by atoms with E-state index < -0.39 is 23.0 Å². The van der Waals surface area contributed by atoms with Crippen LogP contribution in [0.15, 0.2) is 36.4 Å². The fourth-order valence-electron chi connectivity index (χ4n) is 4.01. The molecule has 2 heterocycles. The first kappa shape index (κ1) is 27.1. The van der Waals surface area contributed by atoms with Crippen LogP contribution < -0.4 is 10.1 Å². The Kier molecular flexibility index (Phi) is 8.21. The van der Waals surface area contributed by atoms with E-state index in [9.17, 15) is 18.0 Å². The Morgan fingerprint density at radius 1 is 1.17 bits per heavy atom. The molecule has 1 atom stereocenters. The number of hydrogen-bond acceptors (Lipinski definition) is 5. The van der Waals surface area contributed by atoms with Gasteiger partial charge in [0.25, 0.3) is 0 Å². The average molecular weight is 514 g/mol. The number of nitrogens with zero attached hydrogens (tertiary/aromatic N) is 2. The third kappa shape index (κ3) is 7.48. The maximum atomic E-state index is 12.9. The van der Waals surface area contributed by atoms with Gasteiger partial charge >= 0.3 is 12.3 Å². The van der Waals surface area contributed by atoms with Crippen molar-refractivity contribution in [1.29, 1.82) is 0 Å². The van der Waals surface area contributed by atoms with Crippen LogP contribution in [-0.4, -0.2) is 47.3 Å². The van der Waals surface area contributed by atoms with Crippen LogP contribution >= 0.6 is 11.6 Å². The van der Waals surface area contributed by atoms with Gasteiger partial charge in [0.15, 0.2) is 0 Å². The van der Waals surface area contributed by atoms with Crippen molar-refractivity contribution in [3.8, 4) is 5.75 Å². The van der Waals surface area contributed by atoms with Gasteiger partial charge in [-0.25, -0.2) is 9.78 Å². The number of likely N-dealkylation sites (tertiary alicyclic amines) is 1. The second kappa shape index (κ2) is 10.6. The smallest absolute Gasteiger partial charge is 0.433 e. The number of aryl methyl sites for hydroxylation is 1. The molecule has 1 N–H and O–H groups in total. The Balaban J connectivity index is 1.75. The Morgan fingerprint density at radius 2 is 1.86 bits per heavy atom. The number of methoxy groups -OCH3 is 1. The van der Waals surface area contributed by atoms with E-state index in [1.54, 1.807) is 12.0 Å². The van der Waals surface area contributed by atoms with Crippen LogP contribution in [-0.2, 0) is 23.9 Å². The van der Waals surface area contributed by atoms with Gasteiger partial charge in [-0.1, -0.05) is 29.8 Å². The number of nitrogens with one attached hydrogen (secondary N) is 1. The second-order valence-electron chi connectivity index (χ2n) is 9.78. The van der Waals surface area contributed by atoms with Crippen molar-refractivity contribution in [2.45, 2.75) is 63.9 Å². The van der Waals surface area contributed by atoms with Crippen molar-refractivity contribution in [3.05, 3.63) is 58.4 Å². The van der Waals surface area contributed by atoms with Gasteiger partial charge in [-0.05, 0) is 69.4 Å². The molecule has 1 amide bonds. The van der Waals surface area contributed by atoms with Crippen molar-refractivity contribution in [2.75, 3.05) is 20.2 Å². The average Bonchev–Trinajstić information content (AvgIpc) is 3.20. The molecule has 0 spiro atoms. The van der Waals surface area contributed by atoms with Gasteiger partial charge in [0, 0.05) is 25.2 Å². The first-order valence-electron chi connectivity index (χ1n) is 11.4. The minimum atomic E-state index is -4.55. The van der Waals surface area contributed by atoms with Crippen LogP contribution in [0.3, 0.4) is 0 Å². The molecule has 1 aromatic heterocycles. The number of hydrogen-bond donors (Lipinski definition) is 1. The molecule has 0 aliphatic carbocycles. The summed E-state index contributed by atoms with van der Waals surface area (Å²) < 4.78 is 49.6. The van der Waals surface area contributed by atoms with E-state index in [0.29, 0.717) is 44.5 Å². The highest BCUT2D eigenvalue weighted by Gasteiger charge is 2.41. The molecule has 2 aromatic rings. The molecule has 1 saturated heterocycles. The molecular formula is C25H31ClF3N3O3. The highest BCUT2D eigenvalue weighted by Crippen LogP contribution is 2.32. The van der Waals surface area contributed by atoms with Crippen LogP contribution in [0.4, 0.5) is 18.0 Å². The lowest BCUT2D eigenvalue weighted by atomic mass is 9.90. The summed E-state index contributed by atoms with van der Waals surface area (Å²) in [6.07, 6.45) is -3.33. The van der Waals surface area contributed by atoms with Gasteiger partial charge in [0.1, 0.15) is 22.2 Å². The number of aromatic nitrogens is 1. The Hall–Kier alpha value is -2.52. The van der Waals surface area contributed by atoms with Gasteiger partial charge in [0.2, 0.25) is 0 Å². The maximum absolute atomic E-state index is 12.9. The quantitative estimate of drug-likeness (QED) is 0.469. The molecule has 35 heavy (non-hydrogen) atoms. The number of alkyl halides is 3. The zero-order chi connectivity index (χ0) is 25.9. The van der Waals surface area contributed by atoms with Gasteiger partial charge in [-0.3, -0.25) is 0 Å². The molecule has 192 valence electrons. The number of benzene rings is 1. The largest absolute Gasteiger partial charge is 0.497 e. The number of amides is 1. The number of ether oxygens (including phenoxy) is 2. The van der Waals surface area contributed by atoms with Crippen molar-refractivity contribution < 1.29 is 27.4 Å². The normalized spacial score (nSPS) is 18.6. The molecule has 1 unspecified atom stereocenters. The number of rotatable bonds is 7. The summed E-state index contributed by atoms with van der Waals surface area (Å²) in [5.41, 5.74) is -0.534. The van der Waals surface area contributed by atoms with Crippen LogP contribution in [0.1, 0.15) is 50.4 Å². The molecule has 6 nitrogen and oxygen atoms in total. The monoisotopic (exact) mass is 513 g/mol. The van der Waals surface area contributed by atoms with E-state index in [-0.39, 0.29) is 11.2 Å². The second-order valence-corrected chi connectivity index (χ2v) is 10.1. The summed E-state index contributed by atoms with van der Waals surface area (Å²) in [6.45, 7) is 6.90. The van der Waals surface area contributed by atoms with Crippen LogP contribution in [0.2, 0.25) is 5.15 Å². The summed E-state index contributed by atoms with van der Waals surface area (Å²) in [5.74, 6) is 0.755. The molecule has 1 aromatic carbocycles. The summed E-state index contributed by atoms with van der Waals surface area (Å²) in [5, 5.41) is 3.43. The lowest BCUT2D eigenvalue weighted by molar-refractivity contribution is -0.141.